The Labute approximate surface area is 186 Å². The summed E-state index contributed by atoms with van der Waals surface area (Å²) in [5, 5.41) is 4.99. The van der Waals surface area contributed by atoms with Crippen molar-refractivity contribution in [3.63, 3.8) is 0 Å². The van der Waals surface area contributed by atoms with E-state index in [0.717, 1.165) is 34.9 Å². The SMILES string of the molecule is COCCCOc1cc([C@@H]2CCC(C)(C)N2N=O)c(Br)cc1OCc1ccccc1. The molecule has 2 aromatic rings. The minimum Gasteiger partial charge on any atom is -0.490 e. The molecule has 1 fully saturated rings. The first-order valence-corrected chi connectivity index (χ1v) is 11.0. The van der Waals surface area contributed by atoms with E-state index in [1.807, 2.05) is 56.3 Å². The van der Waals surface area contributed by atoms with Crippen LogP contribution in [0.4, 0.5) is 0 Å². The van der Waals surface area contributed by atoms with Crippen LogP contribution < -0.4 is 9.47 Å². The van der Waals surface area contributed by atoms with Gasteiger partial charge in [-0.3, -0.25) is 0 Å². The second-order valence-electron chi connectivity index (χ2n) is 8.08. The lowest BCUT2D eigenvalue weighted by atomic mass is 10.0. The van der Waals surface area contributed by atoms with Crippen LogP contribution in [0, 0.1) is 4.91 Å². The van der Waals surface area contributed by atoms with Crippen LogP contribution in [-0.4, -0.2) is 30.9 Å². The molecule has 0 N–H and O–H groups in total. The standard InChI is InChI=1S/C23H29BrN2O4/c1-23(2)11-10-20(26(23)25-27)18-14-21(29-13-7-12-28-3)22(15-19(18)24)30-16-17-8-5-4-6-9-17/h4-6,8-9,14-15,20H,7,10-13,16H2,1-3H3/t20-/m0/s1. The number of methoxy groups -OCH3 is 1. The van der Waals surface area contributed by atoms with Gasteiger partial charge in [-0.25, -0.2) is 5.01 Å². The second-order valence-corrected chi connectivity index (χ2v) is 8.94. The van der Waals surface area contributed by atoms with Crippen molar-refractivity contribution in [1.82, 2.24) is 5.01 Å². The zero-order valence-corrected chi connectivity index (χ0v) is 19.4. The Morgan fingerprint density at radius 3 is 2.57 bits per heavy atom. The molecule has 1 atom stereocenters. The van der Waals surface area contributed by atoms with E-state index in [9.17, 15) is 4.91 Å². The van der Waals surface area contributed by atoms with E-state index < -0.39 is 0 Å². The van der Waals surface area contributed by atoms with Crippen molar-refractivity contribution in [2.45, 2.75) is 51.3 Å². The summed E-state index contributed by atoms with van der Waals surface area (Å²) in [6.45, 7) is 5.68. The van der Waals surface area contributed by atoms with Gasteiger partial charge in [-0.2, -0.15) is 0 Å². The van der Waals surface area contributed by atoms with Gasteiger partial charge in [-0.1, -0.05) is 46.3 Å². The predicted octanol–water partition coefficient (Wildman–Crippen LogP) is 6.04. The monoisotopic (exact) mass is 476 g/mol. The largest absolute Gasteiger partial charge is 0.490 e. The third kappa shape index (κ3) is 5.32. The molecule has 0 saturated carbocycles. The molecule has 2 aromatic carbocycles. The van der Waals surface area contributed by atoms with E-state index in [-0.39, 0.29) is 11.6 Å². The van der Waals surface area contributed by atoms with Crippen molar-refractivity contribution in [3.05, 3.63) is 63.0 Å². The summed E-state index contributed by atoms with van der Waals surface area (Å²) in [5.41, 5.74) is 1.79. The third-order valence-electron chi connectivity index (χ3n) is 5.44. The van der Waals surface area contributed by atoms with Gasteiger partial charge in [0.1, 0.15) is 6.61 Å². The highest BCUT2D eigenvalue weighted by Crippen LogP contribution is 2.47. The molecule has 0 unspecified atom stereocenters. The van der Waals surface area contributed by atoms with Gasteiger partial charge >= 0.3 is 0 Å². The first-order chi connectivity index (χ1) is 14.5. The summed E-state index contributed by atoms with van der Waals surface area (Å²) in [5.74, 6) is 1.32. The summed E-state index contributed by atoms with van der Waals surface area (Å²) in [4.78, 5) is 11.6. The van der Waals surface area contributed by atoms with Gasteiger partial charge in [-0.15, -0.1) is 4.91 Å². The Kier molecular flexibility index (Phi) is 7.72. The molecule has 0 spiro atoms. The van der Waals surface area contributed by atoms with E-state index in [0.29, 0.717) is 31.3 Å². The van der Waals surface area contributed by atoms with Crippen LogP contribution >= 0.6 is 15.9 Å². The number of halogens is 1. The van der Waals surface area contributed by atoms with Gasteiger partial charge in [0.25, 0.3) is 0 Å². The lowest BCUT2D eigenvalue weighted by Gasteiger charge is -2.30. The van der Waals surface area contributed by atoms with Crippen molar-refractivity contribution in [1.29, 1.82) is 0 Å². The number of nitrogens with zero attached hydrogens (tertiary/aromatic N) is 2. The van der Waals surface area contributed by atoms with Crippen LogP contribution in [0.1, 0.15) is 50.3 Å². The van der Waals surface area contributed by atoms with Gasteiger partial charge in [0.05, 0.1) is 23.5 Å². The lowest BCUT2D eigenvalue weighted by molar-refractivity contribution is 0.131. The molecular formula is C23H29BrN2O4. The first kappa shape index (κ1) is 22.6. The molecule has 0 radical (unpaired) electrons. The highest BCUT2D eigenvalue weighted by Gasteiger charge is 2.41. The highest BCUT2D eigenvalue weighted by molar-refractivity contribution is 9.10. The highest BCUT2D eigenvalue weighted by atomic mass is 79.9. The zero-order valence-electron chi connectivity index (χ0n) is 17.8. The average molecular weight is 477 g/mol. The number of rotatable bonds is 10. The number of ether oxygens (including phenoxy) is 3. The first-order valence-electron chi connectivity index (χ1n) is 10.2. The lowest BCUT2D eigenvalue weighted by Crippen LogP contribution is -2.35. The molecule has 3 rings (SSSR count). The number of benzene rings is 2. The number of hydrogen-bond acceptors (Lipinski definition) is 5. The molecule has 0 aromatic heterocycles. The summed E-state index contributed by atoms with van der Waals surface area (Å²) in [7, 11) is 1.68. The van der Waals surface area contributed by atoms with Crippen molar-refractivity contribution in [2.24, 2.45) is 5.29 Å². The van der Waals surface area contributed by atoms with E-state index in [1.165, 1.54) is 0 Å². The molecule has 30 heavy (non-hydrogen) atoms. The molecule has 1 saturated heterocycles. The molecule has 7 heteroatoms. The van der Waals surface area contributed by atoms with Crippen LogP contribution in [0.5, 0.6) is 11.5 Å². The molecule has 1 aliphatic rings. The second kappa shape index (κ2) is 10.3. The van der Waals surface area contributed by atoms with Gasteiger partial charge in [0.2, 0.25) is 0 Å². The van der Waals surface area contributed by atoms with Gasteiger partial charge in [0, 0.05) is 24.6 Å². The Balaban J connectivity index is 1.86. The summed E-state index contributed by atoms with van der Waals surface area (Å²) >= 11 is 3.68. The van der Waals surface area contributed by atoms with E-state index in [2.05, 4.69) is 21.2 Å². The fourth-order valence-corrected chi connectivity index (χ4v) is 4.34. The van der Waals surface area contributed by atoms with E-state index in [1.54, 1.807) is 12.1 Å². The Hall–Kier alpha value is -2.12. The molecule has 0 amide bonds. The quantitative estimate of drug-likeness (QED) is 0.309. The van der Waals surface area contributed by atoms with E-state index >= 15 is 0 Å². The van der Waals surface area contributed by atoms with Crippen LogP contribution in [0.25, 0.3) is 0 Å². The van der Waals surface area contributed by atoms with Gasteiger partial charge in [-0.05, 0) is 49.9 Å². The predicted molar refractivity (Wildman–Crippen MR) is 121 cm³/mol. The molecule has 0 aliphatic carbocycles. The topological polar surface area (TPSA) is 60.4 Å². The molecule has 162 valence electrons. The maximum atomic E-state index is 11.6. The summed E-state index contributed by atoms with van der Waals surface area (Å²) in [6, 6.07) is 13.8. The van der Waals surface area contributed by atoms with Gasteiger partial charge in [0.15, 0.2) is 11.5 Å². The fraction of sp³-hybridized carbons (Fsp3) is 0.478. The smallest absolute Gasteiger partial charge is 0.162 e. The maximum absolute atomic E-state index is 11.6. The van der Waals surface area contributed by atoms with E-state index in [4.69, 9.17) is 14.2 Å². The Morgan fingerprint density at radius 1 is 1.13 bits per heavy atom. The minimum atomic E-state index is -0.270. The normalized spacial score (nSPS) is 17.7. The molecule has 1 aliphatic heterocycles. The van der Waals surface area contributed by atoms with Crippen LogP contribution in [0.2, 0.25) is 0 Å². The Morgan fingerprint density at radius 2 is 1.87 bits per heavy atom. The van der Waals surface area contributed by atoms with Crippen molar-refractivity contribution in [3.8, 4) is 11.5 Å². The molecular weight excluding hydrogens is 448 g/mol. The van der Waals surface area contributed by atoms with Crippen LogP contribution in [-0.2, 0) is 11.3 Å². The van der Waals surface area contributed by atoms with Gasteiger partial charge < -0.3 is 14.2 Å². The van der Waals surface area contributed by atoms with Crippen molar-refractivity contribution >= 4 is 15.9 Å². The minimum absolute atomic E-state index is 0.101. The number of hydrogen-bond donors (Lipinski definition) is 0. The van der Waals surface area contributed by atoms with Crippen molar-refractivity contribution < 1.29 is 14.2 Å². The summed E-state index contributed by atoms with van der Waals surface area (Å²) < 4.78 is 18.1. The third-order valence-corrected chi connectivity index (χ3v) is 6.13. The number of nitroso groups, excluding NO2 is 1. The molecule has 0 bridgehead atoms. The molecule has 6 nitrogen and oxygen atoms in total. The maximum Gasteiger partial charge on any atom is 0.162 e. The van der Waals surface area contributed by atoms with Crippen LogP contribution in [0.3, 0.4) is 0 Å². The van der Waals surface area contributed by atoms with Crippen LogP contribution in [0.15, 0.2) is 52.2 Å². The fourth-order valence-electron chi connectivity index (χ4n) is 3.76. The Bertz CT molecular complexity index is 845. The van der Waals surface area contributed by atoms with Crippen molar-refractivity contribution in [2.75, 3.05) is 20.3 Å². The molecule has 1 heterocycles. The zero-order chi connectivity index (χ0) is 21.6. The summed E-state index contributed by atoms with van der Waals surface area (Å²) in [6.07, 6.45) is 2.52. The average Bonchev–Trinajstić information content (AvgIpc) is 3.05.